The fourth-order valence-electron chi connectivity index (χ4n) is 2.03. The average Bonchev–Trinajstić information content (AvgIpc) is 2.25. The molecule has 1 aromatic rings. The molecule has 0 amide bonds. The van der Waals surface area contributed by atoms with Crippen molar-refractivity contribution >= 4 is 34.8 Å². The van der Waals surface area contributed by atoms with Crippen LogP contribution in [0.25, 0.3) is 0 Å². The highest BCUT2D eigenvalue weighted by Gasteiger charge is 2.16. The molecule has 4 heteroatoms. The molecule has 0 aromatic heterocycles. The summed E-state index contributed by atoms with van der Waals surface area (Å²) in [4.78, 5) is 0. The monoisotopic (exact) mass is 291 g/mol. The number of rotatable bonds is 5. The molecule has 2 rings (SSSR count). The first-order valence-corrected chi connectivity index (χ1v) is 7.15. The highest BCUT2D eigenvalue weighted by Crippen LogP contribution is 2.31. The second-order valence-corrected chi connectivity index (χ2v) is 5.78. The van der Waals surface area contributed by atoms with Gasteiger partial charge in [-0.1, -0.05) is 54.1 Å². The maximum absolute atomic E-state index is 6.12. The fourth-order valence-corrected chi connectivity index (χ4v) is 2.71. The molecule has 1 nitrogen and oxygen atoms in total. The van der Waals surface area contributed by atoms with Crippen LogP contribution in [0.3, 0.4) is 0 Å². The van der Waals surface area contributed by atoms with Gasteiger partial charge in [-0.05, 0) is 31.0 Å². The summed E-state index contributed by atoms with van der Waals surface area (Å²) in [6.07, 6.45) is 5.42. The number of nitrogens with one attached hydrogen (secondary N) is 1. The van der Waals surface area contributed by atoms with Gasteiger partial charge in [0.05, 0.1) is 10.0 Å². The van der Waals surface area contributed by atoms with E-state index >= 15 is 0 Å². The summed E-state index contributed by atoms with van der Waals surface area (Å²) in [6.45, 7) is 1.70. The molecule has 0 radical (unpaired) electrons. The van der Waals surface area contributed by atoms with Gasteiger partial charge >= 0.3 is 0 Å². The van der Waals surface area contributed by atoms with Gasteiger partial charge in [-0.15, -0.1) is 0 Å². The van der Waals surface area contributed by atoms with Crippen LogP contribution in [-0.2, 0) is 6.54 Å². The zero-order valence-corrected chi connectivity index (χ0v) is 11.9. The zero-order valence-electron chi connectivity index (χ0n) is 9.61. The lowest BCUT2D eigenvalue weighted by Gasteiger charge is -2.25. The minimum Gasteiger partial charge on any atom is -0.313 e. The zero-order chi connectivity index (χ0) is 12.3. The van der Waals surface area contributed by atoms with Gasteiger partial charge in [0.2, 0.25) is 0 Å². The van der Waals surface area contributed by atoms with Gasteiger partial charge in [-0.25, -0.2) is 0 Å². The summed E-state index contributed by atoms with van der Waals surface area (Å²) in [7, 11) is 0. The number of benzene rings is 1. The molecular weight excluding hydrogens is 277 g/mol. The van der Waals surface area contributed by atoms with E-state index in [0.717, 1.165) is 18.0 Å². The lowest BCUT2D eigenvalue weighted by molar-refractivity contribution is 0.292. The van der Waals surface area contributed by atoms with Gasteiger partial charge < -0.3 is 5.32 Å². The SMILES string of the molecule is Clc1ccc(Cl)c(CNCCC2CCC2)c1Cl. The number of hydrogen-bond donors (Lipinski definition) is 1. The van der Waals surface area contributed by atoms with Crippen LogP contribution < -0.4 is 5.32 Å². The van der Waals surface area contributed by atoms with Crippen molar-refractivity contribution in [3.05, 3.63) is 32.8 Å². The minimum atomic E-state index is 0.562. The molecular formula is C13H16Cl3N. The second kappa shape index (κ2) is 6.29. The van der Waals surface area contributed by atoms with Crippen LogP contribution in [0.5, 0.6) is 0 Å². The Kier molecular flexibility index (Phi) is 4.98. The largest absolute Gasteiger partial charge is 0.313 e. The van der Waals surface area contributed by atoms with Crippen molar-refractivity contribution in [2.24, 2.45) is 5.92 Å². The van der Waals surface area contributed by atoms with Gasteiger partial charge in [-0.3, -0.25) is 0 Å². The molecule has 0 saturated heterocycles. The molecule has 1 saturated carbocycles. The molecule has 0 heterocycles. The Hall–Kier alpha value is 0.0500. The third-order valence-corrected chi connectivity index (χ3v) is 4.59. The van der Waals surface area contributed by atoms with E-state index in [-0.39, 0.29) is 0 Å². The topological polar surface area (TPSA) is 12.0 Å². The maximum atomic E-state index is 6.12. The third-order valence-electron chi connectivity index (χ3n) is 3.39. The lowest BCUT2D eigenvalue weighted by Crippen LogP contribution is -2.21. The minimum absolute atomic E-state index is 0.562. The van der Waals surface area contributed by atoms with E-state index in [0.29, 0.717) is 21.6 Å². The summed E-state index contributed by atoms with van der Waals surface area (Å²) in [5.41, 5.74) is 0.898. The first-order valence-electron chi connectivity index (χ1n) is 6.01. The van der Waals surface area contributed by atoms with Crippen LogP contribution in [-0.4, -0.2) is 6.54 Å². The molecule has 94 valence electrons. The van der Waals surface area contributed by atoms with E-state index in [4.69, 9.17) is 34.8 Å². The van der Waals surface area contributed by atoms with Crippen LogP contribution in [0.15, 0.2) is 12.1 Å². The van der Waals surface area contributed by atoms with E-state index in [1.54, 1.807) is 12.1 Å². The van der Waals surface area contributed by atoms with E-state index in [9.17, 15) is 0 Å². The lowest BCUT2D eigenvalue weighted by atomic mass is 9.83. The predicted molar refractivity (Wildman–Crippen MR) is 75.1 cm³/mol. The number of halogens is 3. The van der Waals surface area contributed by atoms with E-state index in [2.05, 4.69) is 5.32 Å². The molecule has 1 aliphatic rings. The summed E-state index contributed by atoms with van der Waals surface area (Å²) in [5, 5.41) is 5.19. The average molecular weight is 293 g/mol. The highest BCUT2D eigenvalue weighted by molar-refractivity contribution is 6.44. The van der Waals surface area contributed by atoms with Crippen molar-refractivity contribution < 1.29 is 0 Å². The van der Waals surface area contributed by atoms with Crippen LogP contribution in [0.1, 0.15) is 31.2 Å². The summed E-state index contributed by atoms with van der Waals surface area (Å²) >= 11 is 18.2. The Morgan fingerprint density at radius 2 is 1.82 bits per heavy atom. The molecule has 0 aliphatic heterocycles. The molecule has 0 atom stereocenters. The molecule has 0 spiro atoms. The standard InChI is InChI=1S/C13H16Cl3N/c14-11-4-5-12(15)13(16)10(11)8-17-7-6-9-2-1-3-9/h4-5,9,17H,1-3,6-8H2. The van der Waals surface area contributed by atoms with Crippen LogP contribution >= 0.6 is 34.8 Å². The normalized spacial score (nSPS) is 15.9. The Balaban J connectivity index is 1.83. The second-order valence-electron chi connectivity index (χ2n) is 4.58. The maximum Gasteiger partial charge on any atom is 0.0652 e. The quantitative estimate of drug-likeness (QED) is 0.599. The van der Waals surface area contributed by atoms with Crippen molar-refractivity contribution in [1.29, 1.82) is 0 Å². The summed E-state index contributed by atoms with van der Waals surface area (Å²) in [5.74, 6) is 0.924. The Labute approximate surface area is 117 Å². The smallest absolute Gasteiger partial charge is 0.0652 e. The first kappa shape index (κ1) is 13.5. The molecule has 1 fully saturated rings. The predicted octanol–water partition coefficient (Wildman–Crippen LogP) is 4.93. The van der Waals surface area contributed by atoms with Gasteiger partial charge in [0, 0.05) is 17.1 Å². The van der Waals surface area contributed by atoms with E-state index in [1.165, 1.54) is 25.7 Å². The van der Waals surface area contributed by atoms with Crippen LogP contribution in [0.2, 0.25) is 15.1 Å². The van der Waals surface area contributed by atoms with Crippen molar-refractivity contribution in [2.45, 2.75) is 32.2 Å². The molecule has 0 bridgehead atoms. The van der Waals surface area contributed by atoms with Crippen molar-refractivity contribution in [3.8, 4) is 0 Å². The van der Waals surface area contributed by atoms with Crippen molar-refractivity contribution in [1.82, 2.24) is 5.32 Å². The number of hydrogen-bond acceptors (Lipinski definition) is 1. The molecule has 1 aliphatic carbocycles. The van der Waals surface area contributed by atoms with E-state index < -0.39 is 0 Å². The Morgan fingerprint density at radius 1 is 1.12 bits per heavy atom. The van der Waals surface area contributed by atoms with Crippen molar-refractivity contribution in [3.63, 3.8) is 0 Å². The van der Waals surface area contributed by atoms with Gasteiger partial charge in [0.1, 0.15) is 0 Å². The fraction of sp³-hybridized carbons (Fsp3) is 0.538. The van der Waals surface area contributed by atoms with Crippen molar-refractivity contribution in [2.75, 3.05) is 6.54 Å². The summed E-state index contributed by atoms with van der Waals surface area (Å²) in [6, 6.07) is 3.52. The van der Waals surface area contributed by atoms with Gasteiger partial charge in [0.15, 0.2) is 0 Å². The highest BCUT2D eigenvalue weighted by atomic mass is 35.5. The first-order chi connectivity index (χ1) is 8.18. The Morgan fingerprint density at radius 3 is 2.47 bits per heavy atom. The van der Waals surface area contributed by atoms with Gasteiger partial charge in [-0.2, -0.15) is 0 Å². The Bertz CT molecular complexity index is 388. The molecule has 1 aromatic carbocycles. The van der Waals surface area contributed by atoms with Crippen LogP contribution in [0.4, 0.5) is 0 Å². The molecule has 1 N–H and O–H groups in total. The third kappa shape index (κ3) is 3.51. The van der Waals surface area contributed by atoms with E-state index in [1.807, 2.05) is 0 Å². The van der Waals surface area contributed by atoms with Gasteiger partial charge in [0.25, 0.3) is 0 Å². The summed E-state index contributed by atoms with van der Waals surface area (Å²) < 4.78 is 0. The molecule has 0 unspecified atom stereocenters. The van der Waals surface area contributed by atoms with Crippen LogP contribution in [0, 0.1) is 5.92 Å². The molecule has 17 heavy (non-hydrogen) atoms.